The highest BCUT2D eigenvalue weighted by Crippen LogP contribution is 2.25. The van der Waals surface area contributed by atoms with Gasteiger partial charge in [-0.25, -0.2) is 0 Å². The first-order valence-corrected chi connectivity index (χ1v) is 7.78. The van der Waals surface area contributed by atoms with Gasteiger partial charge in [0.05, 0.1) is 0 Å². The van der Waals surface area contributed by atoms with E-state index in [0.29, 0.717) is 16.7 Å². The zero-order valence-electron chi connectivity index (χ0n) is 12.6. The molecule has 0 bridgehead atoms. The molecule has 0 spiro atoms. The van der Waals surface area contributed by atoms with Crippen LogP contribution in [-0.4, -0.2) is 36.5 Å². The highest BCUT2D eigenvalue weighted by molar-refractivity contribution is 6.31. The number of piperidine rings is 1. The molecule has 5 heteroatoms. The molecule has 1 saturated heterocycles. The fraction of sp³-hybridized carbons (Fsp3) is 0.562. The van der Waals surface area contributed by atoms with Gasteiger partial charge in [0.1, 0.15) is 5.75 Å². The minimum absolute atomic E-state index is 0.0136. The summed E-state index contributed by atoms with van der Waals surface area (Å²) in [5.41, 5.74) is 6.81. The van der Waals surface area contributed by atoms with Crippen LogP contribution in [0.3, 0.4) is 0 Å². The molecular formula is C16H23ClN2O2. The lowest BCUT2D eigenvalue weighted by Gasteiger charge is -2.34. The number of nitrogens with zero attached hydrogens (tertiary/aromatic N) is 1. The van der Waals surface area contributed by atoms with E-state index in [2.05, 4.69) is 0 Å². The smallest absolute Gasteiger partial charge is 0.260 e. The van der Waals surface area contributed by atoms with Gasteiger partial charge in [0, 0.05) is 29.7 Å². The summed E-state index contributed by atoms with van der Waals surface area (Å²) in [7, 11) is 0. The van der Waals surface area contributed by atoms with Gasteiger partial charge >= 0.3 is 0 Å². The van der Waals surface area contributed by atoms with E-state index in [-0.39, 0.29) is 18.6 Å². The van der Waals surface area contributed by atoms with E-state index >= 15 is 0 Å². The number of carbonyl (C=O) groups excluding carboxylic acids is 1. The van der Waals surface area contributed by atoms with E-state index in [1.807, 2.05) is 36.9 Å². The molecule has 2 rings (SSSR count). The minimum atomic E-state index is 0.0136. The number of amides is 1. The fourth-order valence-electron chi connectivity index (χ4n) is 2.64. The summed E-state index contributed by atoms with van der Waals surface area (Å²) in [6.45, 7) is 5.46. The van der Waals surface area contributed by atoms with Crippen LogP contribution in [-0.2, 0) is 4.79 Å². The third-order valence-electron chi connectivity index (χ3n) is 4.12. The molecule has 2 atom stereocenters. The molecule has 0 saturated carbocycles. The number of hydrogen-bond donors (Lipinski definition) is 1. The third kappa shape index (κ3) is 4.11. The quantitative estimate of drug-likeness (QED) is 0.930. The summed E-state index contributed by atoms with van der Waals surface area (Å²) in [6, 6.07) is 5.58. The van der Waals surface area contributed by atoms with Gasteiger partial charge in [0.25, 0.3) is 5.91 Å². The van der Waals surface area contributed by atoms with Crippen molar-refractivity contribution < 1.29 is 9.53 Å². The van der Waals surface area contributed by atoms with Gasteiger partial charge in [0.15, 0.2) is 6.61 Å². The van der Waals surface area contributed by atoms with E-state index in [0.717, 1.165) is 31.5 Å². The summed E-state index contributed by atoms with van der Waals surface area (Å²) < 4.78 is 5.62. The normalized spacial score (nSPS) is 20.2. The van der Waals surface area contributed by atoms with Gasteiger partial charge in [-0.05, 0) is 44.7 Å². The van der Waals surface area contributed by atoms with Crippen molar-refractivity contribution in [1.29, 1.82) is 0 Å². The molecule has 0 aromatic heterocycles. The van der Waals surface area contributed by atoms with Crippen molar-refractivity contribution in [2.24, 2.45) is 11.7 Å². The topological polar surface area (TPSA) is 55.6 Å². The zero-order chi connectivity index (χ0) is 15.4. The summed E-state index contributed by atoms with van der Waals surface area (Å²) in [4.78, 5) is 14.1. The first-order chi connectivity index (χ1) is 9.99. The first-order valence-electron chi connectivity index (χ1n) is 7.40. The average Bonchev–Trinajstić information content (AvgIpc) is 2.48. The van der Waals surface area contributed by atoms with Gasteiger partial charge < -0.3 is 15.4 Å². The average molecular weight is 311 g/mol. The van der Waals surface area contributed by atoms with Gasteiger partial charge in [-0.1, -0.05) is 17.7 Å². The maximum atomic E-state index is 12.3. The Kier molecular flexibility index (Phi) is 5.48. The van der Waals surface area contributed by atoms with Crippen LogP contribution in [0.5, 0.6) is 5.75 Å². The number of ether oxygens (including phenoxy) is 1. The minimum Gasteiger partial charge on any atom is -0.483 e. The molecule has 1 aliphatic rings. The standard InChI is InChI=1S/C16H23ClN2O2/c1-11-14(17)6-3-7-15(11)21-10-16(20)19-8-4-5-13(9-19)12(2)18/h3,6-7,12-13H,4-5,8-10,18H2,1-2H3/t12-,13+/m1/s1. The van der Waals surface area contributed by atoms with E-state index in [4.69, 9.17) is 22.1 Å². The SMILES string of the molecule is Cc1c(Cl)cccc1OCC(=O)N1CCC[C@H]([C@@H](C)N)C1. The van der Waals surface area contributed by atoms with E-state index in [9.17, 15) is 4.79 Å². The Balaban J connectivity index is 1.91. The number of rotatable bonds is 4. The lowest BCUT2D eigenvalue weighted by atomic mass is 9.92. The molecule has 116 valence electrons. The molecule has 0 unspecified atom stereocenters. The number of carbonyl (C=O) groups is 1. The lowest BCUT2D eigenvalue weighted by Crippen LogP contribution is -2.46. The maximum absolute atomic E-state index is 12.3. The van der Waals surface area contributed by atoms with Crippen molar-refractivity contribution >= 4 is 17.5 Å². The van der Waals surface area contributed by atoms with Crippen LogP contribution in [0, 0.1) is 12.8 Å². The predicted molar refractivity (Wildman–Crippen MR) is 84.6 cm³/mol. The van der Waals surface area contributed by atoms with Crippen LogP contribution in [0.15, 0.2) is 18.2 Å². The van der Waals surface area contributed by atoms with E-state index in [1.54, 1.807) is 0 Å². The van der Waals surface area contributed by atoms with E-state index in [1.165, 1.54) is 0 Å². The summed E-state index contributed by atoms with van der Waals surface area (Å²) >= 11 is 6.04. The molecule has 0 radical (unpaired) electrons. The fourth-order valence-corrected chi connectivity index (χ4v) is 2.81. The summed E-state index contributed by atoms with van der Waals surface area (Å²) in [5, 5.41) is 0.648. The Morgan fingerprint density at radius 3 is 3.05 bits per heavy atom. The highest BCUT2D eigenvalue weighted by Gasteiger charge is 2.26. The number of hydrogen-bond acceptors (Lipinski definition) is 3. The maximum Gasteiger partial charge on any atom is 0.260 e. The van der Waals surface area contributed by atoms with Crippen molar-refractivity contribution in [2.45, 2.75) is 32.7 Å². The molecule has 1 heterocycles. The van der Waals surface area contributed by atoms with Gasteiger partial charge in [-0.15, -0.1) is 0 Å². The van der Waals surface area contributed by atoms with Crippen LogP contribution >= 0.6 is 11.6 Å². The number of benzene rings is 1. The van der Waals surface area contributed by atoms with Gasteiger partial charge in [0.2, 0.25) is 0 Å². The van der Waals surface area contributed by atoms with Crippen LogP contribution in [0.25, 0.3) is 0 Å². The largest absolute Gasteiger partial charge is 0.483 e. The van der Waals surface area contributed by atoms with Crippen LogP contribution in [0.2, 0.25) is 5.02 Å². The van der Waals surface area contributed by atoms with E-state index < -0.39 is 0 Å². The van der Waals surface area contributed by atoms with Crippen LogP contribution in [0.4, 0.5) is 0 Å². The molecule has 1 aliphatic heterocycles. The molecule has 4 nitrogen and oxygen atoms in total. The zero-order valence-corrected chi connectivity index (χ0v) is 13.4. The van der Waals surface area contributed by atoms with Crippen molar-refractivity contribution in [3.05, 3.63) is 28.8 Å². The van der Waals surface area contributed by atoms with Gasteiger partial charge in [-0.3, -0.25) is 4.79 Å². The van der Waals surface area contributed by atoms with Crippen molar-refractivity contribution in [3.8, 4) is 5.75 Å². The molecule has 2 N–H and O–H groups in total. The number of nitrogens with two attached hydrogens (primary N) is 1. The predicted octanol–water partition coefficient (Wildman–Crippen LogP) is 2.61. The summed E-state index contributed by atoms with van der Waals surface area (Å²) in [5.74, 6) is 1.06. The third-order valence-corrected chi connectivity index (χ3v) is 4.53. The Bertz CT molecular complexity index is 505. The Morgan fingerprint density at radius 1 is 1.57 bits per heavy atom. The van der Waals surface area contributed by atoms with Gasteiger partial charge in [-0.2, -0.15) is 0 Å². The second-order valence-electron chi connectivity index (χ2n) is 5.75. The Labute approximate surface area is 131 Å². The van der Waals surface area contributed by atoms with Crippen LogP contribution < -0.4 is 10.5 Å². The molecule has 0 aliphatic carbocycles. The molecule has 1 aromatic rings. The van der Waals surface area contributed by atoms with Crippen molar-refractivity contribution in [1.82, 2.24) is 4.90 Å². The molecule has 21 heavy (non-hydrogen) atoms. The van der Waals surface area contributed by atoms with Crippen molar-refractivity contribution in [2.75, 3.05) is 19.7 Å². The number of likely N-dealkylation sites (tertiary alicyclic amines) is 1. The second-order valence-corrected chi connectivity index (χ2v) is 6.16. The highest BCUT2D eigenvalue weighted by atomic mass is 35.5. The number of halogens is 1. The van der Waals surface area contributed by atoms with Crippen molar-refractivity contribution in [3.63, 3.8) is 0 Å². The first kappa shape index (κ1) is 16.1. The lowest BCUT2D eigenvalue weighted by molar-refractivity contribution is -0.135. The Morgan fingerprint density at radius 2 is 2.33 bits per heavy atom. The summed E-state index contributed by atoms with van der Waals surface area (Å²) in [6.07, 6.45) is 2.10. The Hall–Kier alpha value is -1.26. The molecule has 1 fully saturated rings. The monoisotopic (exact) mass is 310 g/mol. The molecular weight excluding hydrogens is 288 g/mol. The molecule has 1 amide bonds. The second kappa shape index (κ2) is 7.14. The molecule has 1 aromatic carbocycles. The van der Waals surface area contributed by atoms with Crippen LogP contribution in [0.1, 0.15) is 25.3 Å².